The van der Waals surface area contributed by atoms with Gasteiger partial charge >= 0.3 is 11.9 Å². The number of rotatable bonds is 29. The third-order valence-corrected chi connectivity index (χ3v) is 10.3. The van der Waals surface area contributed by atoms with Gasteiger partial charge in [-0.05, 0) is 75.5 Å². The normalized spacial score (nSPS) is 14.5. The third-order valence-electron chi connectivity index (χ3n) is 10.3. The summed E-state index contributed by atoms with van der Waals surface area (Å²) in [5.74, 6) is -8.00. The number of aromatic nitrogens is 1. The molecular formula is C42H66N10O11. The molecule has 0 saturated heterocycles. The van der Waals surface area contributed by atoms with Crippen molar-refractivity contribution in [2.24, 2.45) is 23.3 Å². The summed E-state index contributed by atoms with van der Waals surface area (Å²) < 4.78 is 0. The minimum absolute atomic E-state index is 0.0856. The number of aromatic amines is 1. The summed E-state index contributed by atoms with van der Waals surface area (Å²) in [4.78, 5) is 118. The average Bonchev–Trinajstić information content (AvgIpc) is 3.64. The molecule has 0 saturated carbocycles. The number of carboxylic acid groups (broad SMARTS) is 2. The van der Waals surface area contributed by atoms with Gasteiger partial charge in [-0.3, -0.25) is 38.4 Å². The van der Waals surface area contributed by atoms with Crippen molar-refractivity contribution >= 4 is 64.2 Å². The molecule has 7 amide bonds. The number of nitrogens with one attached hydrogen (secondary N) is 8. The second-order valence-corrected chi connectivity index (χ2v) is 16.0. The Morgan fingerprint density at radius 2 is 1.40 bits per heavy atom. The van der Waals surface area contributed by atoms with E-state index < -0.39 is 103 Å². The van der Waals surface area contributed by atoms with E-state index in [4.69, 9.17) is 11.5 Å². The first-order valence-corrected chi connectivity index (χ1v) is 21.3. The predicted molar refractivity (Wildman–Crippen MR) is 232 cm³/mol. The fourth-order valence-electron chi connectivity index (χ4n) is 6.45. The van der Waals surface area contributed by atoms with Gasteiger partial charge in [0.25, 0.3) is 0 Å². The van der Waals surface area contributed by atoms with Crippen LogP contribution in [0.1, 0.15) is 91.5 Å². The fourth-order valence-corrected chi connectivity index (χ4v) is 6.45. The van der Waals surface area contributed by atoms with Crippen molar-refractivity contribution < 1.29 is 53.4 Å². The van der Waals surface area contributed by atoms with E-state index in [1.807, 2.05) is 31.2 Å². The largest absolute Gasteiger partial charge is 0.481 e. The van der Waals surface area contributed by atoms with E-state index in [1.165, 1.54) is 6.92 Å². The molecule has 1 aromatic carbocycles. The summed E-state index contributed by atoms with van der Waals surface area (Å²) in [6.07, 6.45) is 2.69. The second-order valence-electron chi connectivity index (χ2n) is 16.0. The number of hydrogen-bond acceptors (Lipinski definition) is 11. The molecule has 21 heteroatoms. The monoisotopic (exact) mass is 886 g/mol. The van der Waals surface area contributed by atoms with Crippen molar-refractivity contribution in [1.82, 2.24) is 42.2 Å². The number of H-pyrrole nitrogens is 1. The number of aliphatic carboxylic acids is 2. The quantitative estimate of drug-likeness (QED) is 0.0449. The Morgan fingerprint density at radius 3 is 2.03 bits per heavy atom. The van der Waals surface area contributed by atoms with Crippen molar-refractivity contribution in [3.8, 4) is 0 Å². The number of benzene rings is 1. The van der Waals surface area contributed by atoms with Crippen LogP contribution in [0.4, 0.5) is 0 Å². The van der Waals surface area contributed by atoms with Gasteiger partial charge in [-0.25, -0.2) is 4.79 Å². The summed E-state index contributed by atoms with van der Waals surface area (Å²) in [7, 11) is 0. The lowest BCUT2D eigenvalue weighted by Gasteiger charge is -2.28. The van der Waals surface area contributed by atoms with Gasteiger partial charge in [0.15, 0.2) is 0 Å². The SMILES string of the molecule is CCC(C)C(NC(=O)C(N)Cc1c[nH]c2ccccc12)C(=O)NC(C)C(=O)NC(CC(C)C)C(=O)NC(CCC(=O)O)C(=O)NCC(=O)NCCC(=O)NC(CCCCN)C(=O)O. The van der Waals surface area contributed by atoms with Gasteiger partial charge < -0.3 is 63.9 Å². The van der Waals surface area contributed by atoms with Crippen molar-refractivity contribution in [2.45, 2.75) is 129 Å². The zero-order valence-corrected chi connectivity index (χ0v) is 36.7. The highest BCUT2D eigenvalue weighted by Crippen LogP contribution is 2.19. The van der Waals surface area contributed by atoms with Gasteiger partial charge in [0.1, 0.15) is 30.2 Å². The Kier molecular flexibility index (Phi) is 22.8. The van der Waals surface area contributed by atoms with Crippen LogP contribution in [0.15, 0.2) is 30.5 Å². The van der Waals surface area contributed by atoms with Crippen molar-refractivity contribution in [1.29, 1.82) is 0 Å². The number of carbonyl (C=O) groups is 9. The first-order chi connectivity index (χ1) is 29.8. The molecule has 7 atom stereocenters. The van der Waals surface area contributed by atoms with Gasteiger partial charge in [-0.2, -0.15) is 0 Å². The minimum atomic E-state index is -1.44. The van der Waals surface area contributed by atoms with E-state index in [9.17, 15) is 53.4 Å². The summed E-state index contributed by atoms with van der Waals surface area (Å²) in [6, 6.07) is 0.543. The van der Waals surface area contributed by atoms with Crippen molar-refractivity contribution in [2.75, 3.05) is 19.6 Å². The average molecular weight is 887 g/mol. The Hall–Kier alpha value is -6.09. The van der Waals surface area contributed by atoms with Crippen LogP contribution in [-0.2, 0) is 49.6 Å². The molecule has 2 aromatic rings. The standard InChI is InChI=1S/C42H66N10O11/c1-6-24(4)36(52-38(58)28(44)20-26-21-46-29-12-8-7-11-27(26)29)41(61)48-25(5)37(57)51-32(19-23(2)3)40(60)50-30(14-15-35(55)56)39(59)47-22-34(54)45-18-16-33(53)49-31(42(62)63)13-9-10-17-43/h7-8,11-12,21,23-25,28,30-32,36,46H,6,9-10,13-20,22,43-44H2,1-5H3,(H,45,54)(H,47,59)(H,48,61)(H,49,53)(H,50,60)(H,51,57)(H,52,58)(H,55,56)(H,62,63). The Bertz CT molecular complexity index is 1890. The highest BCUT2D eigenvalue weighted by Gasteiger charge is 2.33. The number of nitrogens with two attached hydrogens (primary N) is 2. The minimum Gasteiger partial charge on any atom is -0.481 e. The van der Waals surface area contributed by atoms with E-state index in [1.54, 1.807) is 27.0 Å². The molecule has 2 rings (SSSR count). The van der Waals surface area contributed by atoms with Gasteiger partial charge in [-0.15, -0.1) is 0 Å². The molecule has 7 unspecified atom stereocenters. The van der Waals surface area contributed by atoms with Crippen molar-refractivity contribution in [3.63, 3.8) is 0 Å². The molecule has 0 spiro atoms. The molecule has 0 fully saturated rings. The number of fused-ring (bicyclic) bond motifs is 1. The van der Waals surface area contributed by atoms with Crippen LogP contribution in [0.5, 0.6) is 0 Å². The van der Waals surface area contributed by atoms with E-state index in [2.05, 4.69) is 42.2 Å². The van der Waals surface area contributed by atoms with Crippen LogP contribution in [0.3, 0.4) is 0 Å². The lowest BCUT2D eigenvalue weighted by Crippen LogP contribution is -2.59. The first-order valence-electron chi connectivity index (χ1n) is 21.3. The zero-order chi connectivity index (χ0) is 47.2. The van der Waals surface area contributed by atoms with Crippen LogP contribution in [-0.4, -0.2) is 124 Å². The molecule has 0 aliphatic heterocycles. The number of carboxylic acids is 2. The number of unbranched alkanes of at least 4 members (excludes halogenated alkanes) is 1. The number of amides is 7. The second kappa shape index (κ2) is 27.1. The van der Waals surface area contributed by atoms with E-state index in [0.29, 0.717) is 25.8 Å². The lowest BCUT2D eigenvalue weighted by molar-refractivity contribution is -0.142. The molecular weight excluding hydrogens is 821 g/mol. The number of carbonyl (C=O) groups excluding carboxylic acids is 7. The van der Waals surface area contributed by atoms with Crippen LogP contribution >= 0.6 is 0 Å². The van der Waals surface area contributed by atoms with Crippen LogP contribution in [0.25, 0.3) is 10.9 Å². The Balaban J connectivity index is 2.02. The molecule has 21 nitrogen and oxygen atoms in total. The molecule has 1 aromatic heterocycles. The molecule has 350 valence electrons. The summed E-state index contributed by atoms with van der Waals surface area (Å²) in [5.41, 5.74) is 13.4. The van der Waals surface area contributed by atoms with E-state index in [-0.39, 0.29) is 50.5 Å². The van der Waals surface area contributed by atoms with E-state index >= 15 is 0 Å². The highest BCUT2D eigenvalue weighted by atomic mass is 16.4. The van der Waals surface area contributed by atoms with Gasteiger partial charge in [0.05, 0.1) is 12.6 Å². The van der Waals surface area contributed by atoms with Crippen LogP contribution < -0.4 is 48.7 Å². The third kappa shape index (κ3) is 18.8. The molecule has 1 heterocycles. The predicted octanol–water partition coefficient (Wildman–Crippen LogP) is -0.725. The summed E-state index contributed by atoms with van der Waals surface area (Å²) >= 11 is 0. The molecule has 0 radical (unpaired) electrons. The molecule has 0 aliphatic carbocycles. The highest BCUT2D eigenvalue weighted by molar-refractivity contribution is 5.96. The van der Waals surface area contributed by atoms with Gasteiger partial charge in [0, 0.05) is 36.5 Å². The number of para-hydroxylation sites is 1. The summed E-state index contributed by atoms with van der Waals surface area (Å²) in [6.45, 7) is 8.16. The fraction of sp³-hybridized carbons (Fsp3) is 0.595. The first kappa shape index (κ1) is 53.0. The smallest absolute Gasteiger partial charge is 0.326 e. The van der Waals surface area contributed by atoms with Crippen LogP contribution in [0, 0.1) is 11.8 Å². The summed E-state index contributed by atoms with van der Waals surface area (Å²) in [5, 5.41) is 37.1. The topological polar surface area (TPSA) is 346 Å². The number of hydrogen-bond donors (Lipinski definition) is 12. The van der Waals surface area contributed by atoms with Gasteiger partial charge in [0.2, 0.25) is 41.4 Å². The maximum absolute atomic E-state index is 13.6. The molecule has 0 aliphatic rings. The Morgan fingerprint density at radius 1 is 0.714 bits per heavy atom. The van der Waals surface area contributed by atoms with E-state index in [0.717, 1.165) is 16.5 Å². The van der Waals surface area contributed by atoms with Gasteiger partial charge in [-0.1, -0.05) is 52.3 Å². The zero-order valence-electron chi connectivity index (χ0n) is 36.7. The molecule has 63 heavy (non-hydrogen) atoms. The maximum Gasteiger partial charge on any atom is 0.326 e. The van der Waals surface area contributed by atoms with Crippen molar-refractivity contribution in [3.05, 3.63) is 36.0 Å². The lowest BCUT2D eigenvalue weighted by atomic mass is 9.97. The molecule has 14 N–H and O–H groups in total. The Labute approximate surface area is 366 Å². The maximum atomic E-state index is 13.6. The van der Waals surface area contributed by atoms with Crippen LogP contribution in [0.2, 0.25) is 0 Å². The molecule has 0 bridgehead atoms.